The van der Waals surface area contributed by atoms with E-state index in [2.05, 4.69) is 33.5 Å². The Balaban J connectivity index is 2.08. The number of hydrogen-bond acceptors (Lipinski definition) is 6. The SMILES string of the molecule is CC(C)NCc1ccc(S(=O)(=O)Nc2cnns2)cc1. The first-order valence-electron chi connectivity index (χ1n) is 6.10. The Morgan fingerprint density at radius 1 is 1.25 bits per heavy atom. The van der Waals surface area contributed by atoms with E-state index in [0.717, 1.165) is 17.1 Å². The molecule has 1 heterocycles. The number of nitrogens with zero attached hydrogens (tertiary/aromatic N) is 2. The number of rotatable bonds is 6. The maximum Gasteiger partial charge on any atom is 0.262 e. The number of anilines is 1. The van der Waals surface area contributed by atoms with Crippen LogP contribution in [0, 0.1) is 0 Å². The first-order valence-corrected chi connectivity index (χ1v) is 8.35. The predicted molar refractivity (Wildman–Crippen MR) is 79.1 cm³/mol. The molecule has 0 saturated carbocycles. The maximum atomic E-state index is 12.1. The number of benzene rings is 1. The minimum atomic E-state index is -3.57. The molecule has 1 aromatic heterocycles. The largest absolute Gasteiger partial charge is 0.310 e. The quantitative estimate of drug-likeness (QED) is 0.850. The third kappa shape index (κ3) is 3.99. The molecule has 0 radical (unpaired) electrons. The van der Waals surface area contributed by atoms with Crippen molar-refractivity contribution in [3.05, 3.63) is 36.0 Å². The predicted octanol–water partition coefficient (Wildman–Crippen LogP) is 1.84. The Labute approximate surface area is 122 Å². The number of hydrogen-bond donors (Lipinski definition) is 2. The van der Waals surface area contributed by atoms with Crippen LogP contribution in [0.2, 0.25) is 0 Å². The van der Waals surface area contributed by atoms with Crippen molar-refractivity contribution < 1.29 is 8.42 Å². The number of nitrogens with one attached hydrogen (secondary N) is 2. The molecule has 0 atom stereocenters. The molecule has 2 N–H and O–H groups in total. The fourth-order valence-electron chi connectivity index (χ4n) is 1.51. The molecule has 1 aromatic carbocycles. The molecular weight excluding hydrogens is 296 g/mol. The van der Waals surface area contributed by atoms with Gasteiger partial charge < -0.3 is 5.32 Å². The summed E-state index contributed by atoms with van der Waals surface area (Å²) in [7, 11) is -3.57. The highest BCUT2D eigenvalue weighted by Gasteiger charge is 2.15. The second-order valence-corrected chi connectivity index (χ2v) is 7.03. The summed E-state index contributed by atoms with van der Waals surface area (Å²) < 4.78 is 30.2. The fraction of sp³-hybridized carbons (Fsp3) is 0.333. The van der Waals surface area contributed by atoms with Crippen molar-refractivity contribution in [2.45, 2.75) is 31.3 Å². The summed E-state index contributed by atoms with van der Waals surface area (Å²) in [6, 6.07) is 7.17. The van der Waals surface area contributed by atoms with E-state index in [1.54, 1.807) is 24.3 Å². The monoisotopic (exact) mass is 312 g/mol. The molecule has 0 aliphatic rings. The van der Waals surface area contributed by atoms with Gasteiger partial charge in [0, 0.05) is 24.1 Å². The molecule has 0 unspecified atom stereocenters. The molecule has 0 saturated heterocycles. The smallest absolute Gasteiger partial charge is 0.262 e. The van der Waals surface area contributed by atoms with E-state index < -0.39 is 10.0 Å². The van der Waals surface area contributed by atoms with Crippen LogP contribution in [0.15, 0.2) is 35.4 Å². The van der Waals surface area contributed by atoms with Crippen molar-refractivity contribution in [3.8, 4) is 0 Å². The van der Waals surface area contributed by atoms with Crippen LogP contribution in [0.5, 0.6) is 0 Å². The van der Waals surface area contributed by atoms with Gasteiger partial charge in [-0.1, -0.05) is 30.5 Å². The van der Waals surface area contributed by atoms with E-state index in [1.807, 2.05) is 0 Å². The van der Waals surface area contributed by atoms with Gasteiger partial charge >= 0.3 is 0 Å². The Hall–Kier alpha value is -1.51. The van der Waals surface area contributed by atoms with E-state index in [9.17, 15) is 8.42 Å². The second-order valence-electron chi connectivity index (χ2n) is 4.57. The van der Waals surface area contributed by atoms with E-state index in [4.69, 9.17) is 0 Å². The van der Waals surface area contributed by atoms with Crippen LogP contribution in [-0.4, -0.2) is 24.0 Å². The molecule has 2 rings (SSSR count). The number of aromatic nitrogens is 2. The zero-order valence-corrected chi connectivity index (χ0v) is 12.8. The molecule has 0 spiro atoms. The summed E-state index contributed by atoms with van der Waals surface area (Å²) in [4.78, 5) is 0.221. The molecule has 0 aliphatic heterocycles. The third-order valence-corrected chi connectivity index (χ3v) is 4.64. The van der Waals surface area contributed by atoms with Crippen molar-refractivity contribution in [1.82, 2.24) is 14.9 Å². The van der Waals surface area contributed by atoms with Crippen LogP contribution in [0.1, 0.15) is 19.4 Å². The molecule has 0 aliphatic carbocycles. The highest BCUT2D eigenvalue weighted by Crippen LogP contribution is 2.18. The lowest BCUT2D eigenvalue weighted by atomic mass is 10.2. The topological polar surface area (TPSA) is 84.0 Å². The normalized spacial score (nSPS) is 11.8. The van der Waals surface area contributed by atoms with E-state index >= 15 is 0 Å². The summed E-state index contributed by atoms with van der Waals surface area (Å²) in [5, 5.41) is 7.26. The average Bonchev–Trinajstić information content (AvgIpc) is 2.89. The minimum absolute atomic E-state index is 0.221. The molecular formula is C12H16N4O2S2. The van der Waals surface area contributed by atoms with Gasteiger partial charge in [-0.2, -0.15) is 0 Å². The minimum Gasteiger partial charge on any atom is -0.310 e. The summed E-state index contributed by atoms with van der Waals surface area (Å²) in [5.74, 6) is 0. The molecule has 8 heteroatoms. The van der Waals surface area contributed by atoms with Gasteiger partial charge in [0.15, 0.2) is 0 Å². The fourth-order valence-corrected chi connectivity index (χ4v) is 3.20. The van der Waals surface area contributed by atoms with E-state index in [0.29, 0.717) is 17.6 Å². The maximum absolute atomic E-state index is 12.1. The number of sulfonamides is 1. The zero-order valence-electron chi connectivity index (χ0n) is 11.2. The first-order chi connectivity index (χ1) is 9.47. The van der Waals surface area contributed by atoms with Gasteiger partial charge in [-0.15, -0.1) is 5.10 Å². The van der Waals surface area contributed by atoms with Crippen LogP contribution in [0.25, 0.3) is 0 Å². The van der Waals surface area contributed by atoms with Crippen LogP contribution in [-0.2, 0) is 16.6 Å². The van der Waals surface area contributed by atoms with Gasteiger partial charge in [0.1, 0.15) is 5.00 Å². The lowest BCUT2D eigenvalue weighted by Crippen LogP contribution is -2.21. The summed E-state index contributed by atoms with van der Waals surface area (Å²) in [6.07, 6.45) is 1.38. The van der Waals surface area contributed by atoms with Gasteiger partial charge in [0.05, 0.1) is 11.1 Å². The lowest BCUT2D eigenvalue weighted by Gasteiger charge is -2.09. The van der Waals surface area contributed by atoms with Crippen molar-refractivity contribution in [2.24, 2.45) is 0 Å². The van der Waals surface area contributed by atoms with Gasteiger partial charge in [-0.05, 0) is 17.7 Å². The molecule has 108 valence electrons. The highest BCUT2D eigenvalue weighted by atomic mass is 32.2. The van der Waals surface area contributed by atoms with Crippen molar-refractivity contribution in [1.29, 1.82) is 0 Å². The van der Waals surface area contributed by atoms with E-state index in [-0.39, 0.29) is 4.90 Å². The zero-order chi connectivity index (χ0) is 14.6. The van der Waals surface area contributed by atoms with Gasteiger partial charge in [0.25, 0.3) is 10.0 Å². The van der Waals surface area contributed by atoms with Crippen LogP contribution in [0.3, 0.4) is 0 Å². The molecule has 0 bridgehead atoms. The highest BCUT2D eigenvalue weighted by molar-refractivity contribution is 7.93. The Morgan fingerprint density at radius 2 is 1.95 bits per heavy atom. The third-order valence-electron chi connectivity index (χ3n) is 2.54. The van der Waals surface area contributed by atoms with Gasteiger partial charge in [-0.25, -0.2) is 8.42 Å². The summed E-state index contributed by atoms with van der Waals surface area (Å²) in [6.45, 7) is 4.84. The summed E-state index contributed by atoms with van der Waals surface area (Å²) >= 11 is 0.998. The molecule has 2 aromatic rings. The summed E-state index contributed by atoms with van der Waals surface area (Å²) in [5.41, 5.74) is 1.04. The van der Waals surface area contributed by atoms with Gasteiger partial charge in [0.2, 0.25) is 0 Å². The molecule has 6 nitrogen and oxygen atoms in total. The Kier molecular flexibility index (Phi) is 4.69. The van der Waals surface area contributed by atoms with Crippen LogP contribution in [0.4, 0.5) is 5.00 Å². The molecule has 20 heavy (non-hydrogen) atoms. The standard InChI is InChI=1S/C12H16N4O2S2/c1-9(2)13-7-10-3-5-11(6-4-10)20(17,18)15-12-8-14-16-19-12/h3-6,8-9,13,15H,7H2,1-2H3. The molecule has 0 fully saturated rings. The van der Waals surface area contributed by atoms with Gasteiger partial charge in [-0.3, -0.25) is 4.72 Å². The lowest BCUT2D eigenvalue weighted by molar-refractivity contribution is 0.588. The molecule has 0 amide bonds. The average molecular weight is 312 g/mol. The Bertz CT molecular complexity index is 637. The van der Waals surface area contributed by atoms with Crippen molar-refractivity contribution in [3.63, 3.8) is 0 Å². The Morgan fingerprint density at radius 3 is 2.50 bits per heavy atom. The van der Waals surface area contributed by atoms with Crippen molar-refractivity contribution in [2.75, 3.05) is 4.72 Å². The van der Waals surface area contributed by atoms with E-state index in [1.165, 1.54) is 6.20 Å². The van der Waals surface area contributed by atoms with Crippen molar-refractivity contribution >= 4 is 26.6 Å². The first kappa shape index (κ1) is 14.9. The van der Waals surface area contributed by atoms with Crippen LogP contribution < -0.4 is 10.0 Å². The second kappa shape index (κ2) is 6.29. The van der Waals surface area contributed by atoms with Crippen LogP contribution >= 0.6 is 11.5 Å².